The van der Waals surface area contributed by atoms with E-state index in [-0.39, 0.29) is 30.1 Å². The van der Waals surface area contributed by atoms with E-state index in [4.69, 9.17) is 4.98 Å². The molecule has 10 heteroatoms. The van der Waals surface area contributed by atoms with Crippen molar-refractivity contribution in [3.63, 3.8) is 0 Å². The van der Waals surface area contributed by atoms with Crippen molar-refractivity contribution in [2.24, 2.45) is 0 Å². The fourth-order valence-corrected chi connectivity index (χ4v) is 6.76. The molecule has 232 valence electrons. The van der Waals surface area contributed by atoms with Crippen molar-refractivity contribution in [1.82, 2.24) is 29.5 Å². The third-order valence-corrected chi connectivity index (χ3v) is 9.30. The highest BCUT2D eigenvalue weighted by Crippen LogP contribution is 2.29. The molecule has 1 saturated heterocycles. The predicted octanol–water partition coefficient (Wildman–Crippen LogP) is 6.04. The number of hydrogen-bond donors (Lipinski definition) is 0. The van der Waals surface area contributed by atoms with Crippen molar-refractivity contribution in [2.75, 3.05) is 25.4 Å². The van der Waals surface area contributed by atoms with E-state index < -0.39 is 0 Å². The first-order valence-electron chi connectivity index (χ1n) is 15.5. The molecule has 45 heavy (non-hydrogen) atoms. The lowest BCUT2D eigenvalue weighted by Crippen LogP contribution is -2.55. The van der Waals surface area contributed by atoms with Crippen LogP contribution in [0.5, 0.6) is 0 Å². The molecule has 8 nitrogen and oxygen atoms in total. The smallest absolute Gasteiger partial charge is 0.227 e. The Morgan fingerprint density at radius 2 is 1.73 bits per heavy atom. The standard InChI is InChI=1S/C35H37FN6O2S/c1-24-11-16-30-29(20-24)33-34(42(30)23-27-8-4-3-5-9-27)37-35(39-38-33)45-19-7-6-10-31(43)40-17-18-41(25(2)22-40)32(44)21-26-12-14-28(36)15-13-26/h3-5,8-9,11-16,20,25H,6-7,10,17-19,21-23H2,1-2H3. The molecule has 1 atom stereocenters. The number of piperazine rings is 1. The lowest BCUT2D eigenvalue weighted by Gasteiger charge is -2.40. The van der Waals surface area contributed by atoms with Crippen LogP contribution in [0.3, 0.4) is 0 Å². The number of halogens is 1. The van der Waals surface area contributed by atoms with Crippen molar-refractivity contribution in [1.29, 1.82) is 0 Å². The Morgan fingerprint density at radius 3 is 2.51 bits per heavy atom. The Kier molecular flexibility index (Phi) is 9.39. The lowest BCUT2D eigenvalue weighted by molar-refractivity contribution is -0.142. The molecule has 1 fully saturated rings. The Labute approximate surface area is 266 Å². The van der Waals surface area contributed by atoms with Crippen LogP contribution in [0.25, 0.3) is 22.1 Å². The van der Waals surface area contributed by atoms with Crippen LogP contribution in [0.1, 0.15) is 42.9 Å². The van der Waals surface area contributed by atoms with Crippen LogP contribution in [-0.4, -0.2) is 72.8 Å². The molecule has 0 bridgehead atoms. The molecule has 5 aromatic rings. The number of nitrogens with zero attached hydrogens (tertiary/aromatic N) is 6. The molecular formula is C35H37FN6O2S. The highest BCUT2D eigenvalue weighted by molar-refractivity contribution is 7.99. The van der Waals surface area contributed by atoms with Gasteiger partial charge in [0.05, 0.1) is 11.9 Å². The molecule has 2 amide bonds. The second-order valence-electron chi connectivity index (χ2n) is 11.7. The van der Waals surface area contributed by atoms with Gasteiger partial charge in [-0.15, -0.1) is 10.2 Å². The summed E-state index contributed by atoms with van der Waals surface area (Å²) in [5.41, 5.74) is 5.89. The van der Waals surface area contributed by atoms with Crippen molar-refractivity contribution in [3.8, 4) is 0 Å². The summed E-state index contributed by atoms with van der Waals surface area (Å²) in [6.45, 7) is 6.32. The van der Waals surface area contributed by atoms with E-state index in [1.54, 1.807) is 23.9 Å². The van der Waals surface area contributed by atoms with Crippen LogP contribution in [0.15, 0.2) is 78.0 Å². The number of unbranched alkanes of at least 4 members (excludes halogenated alkanes) is 1. The molecule has 2 aromatic heterocycles. The second-order valence-corrected chi connectivity index (χ2v) is 12.8. The summed E-state index contributed by atoms with van der Waals surface area (Å²) in [7, 11) is 0. The number of aromatic nitrogens is 4. The van der Waals surface area contributed by atoms with Crippen molar-refractivity contribution in [3.05, 3.63) is 95.3 Å². The highest BCUT2D eigenvalue weighted by Gasteiger charge is 2.29. The molecule has 3 aromatic carbocycles. The molecule has 0 N–H and O–H groups in total. The third kappa shape index (κ3) is 7.17. The van der Waals surface area contributed by atoms with Crippen molar-refractivity contribution < 1.29 is 14.0 Å². The maximum atomic E-state index is 13.2. The van der Waals surface area contributed by atoms with E-state index in [1.807, 2.05) is 34.9 Å². The first-order chi connectivity index (χ1) is 21.9. The minimum Gasteiger partial charge on any atom is -0.339 e. The molecule has 1 aliphatic heterocycles. The fraction of sp³-hybridized carbons (Fsp3) is 0.343. The van der Waals surface area contributed by atoms with Crippen molar-refractivity contribution in [2.45, 2.75) is 57.3 Å². The number of amides is 2. The number of thioether (sulfide) groups is 1. The van der Waals surface area contributed by atoms with Gasteiger partial charge in [0.1, 0.15) is 11.3 Å². The summed E-state index contributed by atoms with van der Waals surface area (Å²) in [5, 5.41) is 10.7. The van der Waals surface area contributed by atoms with Crippen molar-refractivity contribution >= 4 is 45.6 Å². The quantitative estimate of drug-likeness (QED) is 0.139. The molecule has 1 unspecified atom stereocenters. The van der Waals surface area contributed by atoms with Crippen LogP contribution >= 0.6 is 11.8 Å². The second kappa shape index (κ2) is 13.8. The number of aryl methyl sites for hydroxylation is 1. The van der Waals surface area contributed by atoms with Gasteiger partial charge in [-0.05, 0) is 62.1 Å². The average molecular weight is 625 g/mol. The predicted molar refractivity (Wildman–Crippen MR) is 176 cm³/mol. The Bertz CT molecular complexity index is 1810. The number of carbonyl (C=O) groups excluding carboxylic acids is 2. The summed E-state index contributed by atoms with van der Waals surface area (Å²) >= 11 is 1.57. The zero-order valence-electron chi connectivity index (χ0n) is 25.7. The topological polar surface area (TPSA) is 84.2 Å². The van der Waals surface area contributed by atoms with Gasteiger partial charge < -0.3 is 14.4 Å². The van der Waals surface area contributed by atoms with Gasteiger partial charge in [0.2, 0.25) is 17.0 Å². The van der Waals surface area contributed by atoms with Crippen LogP contribution in [0.4, 0.5) is 4.39 Å². The molecule has 1 aliphatic rings. The Balaban J connectivity index is 1.00. The van der Waals surface area contributed by atoms with Gasteiger partial charge >= 0.3 is 0 Å². The fourth-order valence-electron chi connectivity index (χ4n) is 5.98. The van der Waals surface area contributed by atoms with E-state index in [0.717, 1.165) is 46.2 Å². The summed E-state index contributed by atoms with van der Waals surface area (Å²) < 4.78 is 15.4. The number of hydrogen-bond acceptors (Lipinski definition) is 6. The van der Waals surface area contributed by atoms with Crippen LogP contribution in [0.2, 0.25) is 0 Å². The first kappa shape index (κ1) is 30.7. The number of fused-ring (bicyclic) bond motifs is 3. The molecule has 0 spiro atoms. The molecule has 0 radical (unpaired) electrons. The largest absolute Gasteiger partial charge is 0.339 e. The highest BCUT2D eigenvalue weighted by atomic mass is 32.2. The SMILES string of the molecule is Cc1ccc2c(c1)c1nnc(SCCCCC(=O)N3CCN(C(=O)Cc4ccc(F)cc4)C(C)C3)nc1n2Cc1ccccc1. The minimum atomic E-state index is -0.314. The maximum absolute atomic E-state index is 13.2. The zero-order valence-corrected chi connectivity index (χ0v) is 26.5. The molecule has 0 saturated carbocycles. The van der Waals surface area contributed by atoms with Gasteiger partial charge in [-0.2, -0.15) is 0 Å². The summed E-state index contributed by atoms with van der Waals surface area (Å²) in [6.07, 6.45) is 2.33. The first-order valence-corrected chi connectivity index (χ1v) is 16.5. The monoisotopic (exact) mass is 624 g/mol. The molecular weight excluding hydrogens is 587 g/mol. The van der Waals surface area contributed by atoms with Crippen LogP contribution in [-0.2, 0) is 22.6 Å². The molecule has 6 rings (SSSR count). The molecule has 3 heterocycles. The van der Waals surface area contributed by atoms with E-state index in [9.17, 15) is 14.0 Å². The van der Waals surface area contributed by atoms with E-state index in [2.05, 4.69) is 52.0 Å². The average Bonchev–Trinajstić information content (AvgIpc) is 3.33. The summed E-state index contributed by atoms with van der Waals surface area (Å²) in [4.78, 5) is 34.4. The minimum absolute atomic E-state index is 0.00340. The van der Waals surface area contributed by atoms with Gasteiger partial charge in [-0.25, -0.2) is 9.37 Å². The van der Waals surface area contributed by atoms with Gasteiger partial charge in [0.15, 0.2) is 5.65 Å². The van der Waals surface area contributed by atoms with Crippen LogP contribution < -0.4 is 0 Å². The van der Waals surface area contributed by atoms with E-state index >= 15 is 0 Å². The summed E-state index contributed by atoms with van der Waals surface area (Å²) in [6, 6.07) is 22.7. The van der Waals surface area contributed by atoms with Gasteiger partial charge in [-0.1, -0.05) is 65.9 Å². The van der Waals surface area contributed by atoms with Gasteiger partial charge in [-0.3, -0.25) is 9.59 Å². The number of benzene rings is 3. The van der Waals surface area contributed by atoms with Crippen LogP contribution in [0, 0.1) is 12.7 Å². The van der Waals surface area contributed by atoms with E-state index in [1.165, 1.54) is 23.3 Å². The Morgan fingerprint density at radius 1 is 0.933 bits per heavy atom. The summed E-state index contributed by atoms with van der Waals surface area (Å²) in [5.74, 6) is 0.605. The maximum Gasteiger partial charge on any atom is 0.227 e. The zero-order chi connectivity index (χ0) is 31.3. The Hall–Kier alpha value is -4.31. The normalized spacial score (nSPS) is 15.2. The van der Waals surface area contributed by atoms with Gasteiger partial charge in [0, 0.05) is 49.8 Å². The van der Waals surface area contributed by atoms with E-state index in [0.29, 0.717) is 37.8 Å². The molecule has 0 aliphatic carbocycles. The third-order valence-electron chi connectivity index (χ3n) is 8.37. The number of carbonyl (C=O) groups is 2. The van der Waals surface area contributed by atoms with Gasteiger partial charge in [0.25, 0.3) is 0 Å². The lowest BCUT2D eigenvalue weighted by atomic mass is 10.1. The number of rotatable bonds is 10.